The number of aromatic nitrogens is 1. The SMILES string of the molecule is Cc1ccc(OCC(=O)Nc2ccc(Cc3nc4cc(Cl)cc(Cl)c4o3)cc2)cc1. The number of anilines is 1. The lowest BCUT2D eigenvalue weighted by molar-refractivity contribution is -0.118. The third-order valence-corrected chi connectivity index (χ3v) is 4.94. The summed E-state index contributed by atoms with van der Waals surface area (Å²) in [5, 5.41) is 3.76. The van der Waals surface area contributed by atoms with Crippen molar-refractivity contribution in [3.8, 4) is 5.75 Å². The van der Waals surface area contributed by atoms with E-state index >= 15 is 0 Å². The molecule has 4 rings (SSSR count). The number of halogens is 2. The lowest BCUT2D eigenvalue weighted by Gasteiger charge is -2.08. The number of rotatable bonds is 6. The standard InChI is InChI=1S/C23H18Cl2N2O3/c1-14-2-8-18(9-3-14)29-13-21(28)26-17-6-4-15(5-7-17)10-22-27-20-12-16(24)11-19(25)23(20)30-22/h2-9,11-12H,10,13H2,1H3,(H,26,28). The minimum absolute atomic E-state index is 0.0585. The van der Waals surface area contributed by atoms with Crippen LogP contribution in [0.25, 0.3) is 11.1 Å². The van der Waals surface area contributed by atoms with E-state index in [9.17, 15) is 4.79 Å². The molecule has 0 spiro atoms. The topological polar surface area (TPSA) is 64.4 Å². The second kappa shape index (κ2) is 8.78. The summed E-state index contributed by atoms with van der Waals surface area (Å²) in [6.45, 7) is 1.94. The zero-order valence-corrected chi connectivity index (χ0v) is 17.6. The average Bonchev–Trinajstić information content (AvgIpc) is 3.12. The highest BCUT2D eigenvalue weighted by molar-refractivity contribution is 6.37. The number of ether oxygens (including phenoxy) is 1. The number of hydrogen-bond donors (Lipinski definition) is 1. The third kappa shape index (κ3) is 4.93. The Balaban J connectivity index is 1.35. The first kappa shape index (κ1) is 20.3. The summed E-state index contributed by atoms with van der Waals surface area (Å²) in [6, 6.07) is 18.3. The van der Waals surface area contributed by atoms with Gasteiger partial charge >= 0.3 is 0 Å². The number of amides is 1. The molecule has 3 aromatic carbocycles. The molecule has 0 aliphatic heterocycles. The summed E-state index contributed by atoms with van der Waals surface area (Å²) in [4.78, 5) is 16.5. The van der Waals surface area contributed by atoms with E-state index in [1.807, 2.05) is 55.5 Å². The molecule has 1 N–H and O–H groups in total. The van der Waals surface area contributed by atoms with Gasteiger partial charge in [-0.2, -0.15) is 0 Å². The minimum Gasteiger partial charge on any atom is -0.484 e. The van der Waals surface area contributed by atoms with Gasteiger partial charge in [0.15, 0.2) is 18.1 Å². The van der Waals surface area contributed by atoms with E-state index in [4.69, 9.17) is 32.4 Å². The molecule has 0 bridgehead atoms. The van der Waals surface area contributed by atoms with Crippen LogP contribution in [0.3, 0.4) is 0 Å². The van der Waals surface area contributed by atoms with Gasteiger partial charge in [-0.3, -0.25) is 4.79 Å². The molecule has 0 saturated heterocycles. The number of nitrogens with zero attached hydrogens (tertiary/aromatic N) is 1. The van der Waals surface area contributed by atoms with Crippen molar-refractivity contribution in [2.45, 2.75) is 13.3 Å². The van der Waals surface area contributed by atoms with Crippen molar-refractivity contribution in [1.82, 2.24) is 4.98 Å². The fourth-order valence-electron chi connectivity index (χ4n) is 2.94. The Kier molecular flexibility index (Phi) is 5.93. The maximum absolute atomic E-state index is 12.1. The van der Waals surface area contributed by atoms with Gasteiger partial charge in [0.05, 0.1) is 5.02 Å². The van der Waals surface area contributed by atoms with Crippen molar-refractivity contribution in [2.75, 3.05) is 11.9 Å². The second-order valence-electron chi connectivity index (χ2n) is 6.87. The fourth-order valence-corrected chi connectivity index (χ4v) is 3.46. The van der Waals surface area contributed by atoms with Gasteiger partial charge in [-0.15, -0.1) is 0 Å². The van der Waals surface area contributed by atoms with E-state index < -0.39 is 0 Å². The quantitative estimate of drug-likeness (QED) is 0.396. The third-order valence-electron chi connectivity index (χ3n) is 4.44. The van der Waals surface area contributed by atoms with Crippen LogP contribution < -0.4 is 10.1 Å². The van der Waals surface area contributed by atoms with Crippen LogP contribution in [0.15, 0.2) is 65.1 Å². The van der Waals surface area contributed by atoms with Crippen molar-refractivity contribution in [3.05, 3.63) is 87.7 Å². The molecular weight excluding hydrogens is 423 g/mol. The summed E-state index contributed by atoms with van der Waals surface area (Å²) in [5.41, 5.74) is 3.95. The molecule has 1 aromatic heterocycles. The zero-order valence-electron chi connectivity index (χ0n) is 16.1. The number of carbonyl (C=O) groups excluding carboxylic acids is 1. The van der Waals surface area contributed by atoms with Crippen LogP contribution in [0, 0.1) is 6.92 Å². The lowest BCUT2D eigenvalue weighted by atomic mass is 10.1. The summed E-state index contributed by atoms with van der Waals surface area (Å²) >= 11 is 12.2. The van der Waals surface area contributed by atoms with E-state index in [1.54, 1.807) is 12.1 Å². The molecule has 7 heteroatoms. The minimum atomic E-state index is -0.228. The summed E-state index contributed by atoms with van der Waals surface area (Å²) in [5.74, 6) is 0.970. The monoisotopic (exact) mass is 440 g/mol. The van der Waals surface area contributed by atoms with Gasteiger partial charge in [-0.25, -0.2) is 4.98 Å². The molecule has 0 aliphatic rings. The summed E-state index contributed by atoms with van der Waals surface area (Å²) in [7, 11) is 0. The van der Waals surface area contributed by atoms with E-state index in [2.05, 4.69) is 10.3 Å². The molecule has 1 amide bonds. The van der Waals surface area contributed by atoms with E-state index in [-0.39, 0.29) is 12.5 Å². The molecule has 5 nitrogen and oxygen atoms in total. The van der Waals surface area contributed by atoms with Crippen LogP contribution in [0.5, 0.6) is 5.75 Å². The molecule has 4 aromatic rings. The fraction of sp³-hybridized carbons (Fsp3) is 0.130. The van der Waals surface area contributed by atoms with Crippen LogP contribution in [0.2, 0.25) is 10.0 Å². The molecule has 0 fully saturated rings. The largest absolute Gasteiger partial charge is 0.484 e. The zero-order chi connectivity index (χ0) is 21.1. The number of aryl methyl sites for hydroxylation is 1. The van der Waals surface area contributed by atoms with Crippen LogP contribution >= 0.6 is 23.2 Å². The van der Waals surface area contributed by atoms with Crippen LogP contribution in [-0.2, 0) is 11.2 Å². The maximum Gasteiger partial charge on any atom is 0.262 e. The molecule has 1 heterocycles. The Hall–Kier alpha value is -3.02. The first-order valence-electron chi connectivity index (χ1n) is 9.29. The number of carbonyl (C=O) groups is 1. The predicted molar refractivity (Wildman–Crippen MR) is 119 cm³/mol. The van der Waals surface area contributed by atoms with Gasteiger partial charge < -0.3 is 14.5 Å². The molecule has 0 atom stereocenters. The lowest BCUT2D eigenvalue weighted by Crippen LogP contribution is -2.20. The normalized spacial score (nSPS) is 10.9. The first-order chi connectivity index (χ1) is 14.5. The van der Waals surface area contributed by atoms with Crippen LogP contribution in [0.1, 0.15) is 17.0 Å². The van der Waals surface area contributed by atoms with Crippen molar-refractivity contribution >= 4 is 45.9 Å². The van der Waals surface area contributed by atoms with Crippen molar-refractivity contribution in [3.63, 3.8) is 0 Å². The number of oxazole rings is 1. The highest BCUT2D eigenvalue weighted by Crippen LogP contribution is 2.29. The van der Waals surface area contributed by atoms with Crippen molar-refractivity contribution in [1.29, 1.82) is 0 Å². The molecule has 30 heavy (non-hydrogen) atoms. The number of hydrogen-bond acceptors (Lipinski definition) is 4. The Labute approximate surface area is 183 Å². The summed E-state index contributed by atoms with van der Waals surface area (Å²) < 4.78 is 11.2. The molecule has 0 saturated carbocycles. The van der Waals surface area contributed by atoms with E-state index in [0.717, 1.165) is 11.1 Å². The maximum atomic E-state index is 12.1. The molecule has 0 radical (unpaired) electrons. The summed E-state index contributed by atoms with van der Waals surface area (Å²) in [6.07, 6.45) is 0.493. The van der Waals surface area contributed by atoms with Crippen LogP contribution in [-0.4, -0.2) is 17.5 Å². The highest BCUT2D eigenvalue weighted by Gasteiger charge is 2.11. The molecule has 0 unspecified atom stereocenters. The Bertz CT molecular complexity index is 1190. The van der Waals surface area contributed by atoms with Crippen LogP contribution in [0.4, 0.5) is 5.69 Å². The number of benzene rings is 3. The van der Waals surface area contributed by atoms with Crippen molar-refractivity contribution in [2.24, 2.45) is 0 Å². The Morgan fingerprint density at radius 3 is 2.53 bits per heavy atom. The second-order valence-corrected chi connectivity index (χ2v) is 7.71. The molecular formula is C23H18Cl2N2O3. The van der Waals surface area contributed by atoms with Gasteiger partial charge in [0, 0.05) is 17.1 Å². The van der Waals surface area contributed by atoms with Gasteiger partial charge in [0.1, 0.15) is 11.3 Å². The average molecular weight is 441 g/mol. The first-order valence-corrected chi connectivity index (χ1v) is 10.0. The molecule has 152 valence electrons. The van der Waals surface area contributed by atoms with E-state index in [0.29, 0.717) is 44.9 Å². The number of nitrogens with one attached hydrogen (secondary N) is 1. The van der Waals surface area contributed by atoms with E-state index in [1.165, 1.54) is 0 Å². The number of fused-ring (bicyclic) bond motifs is 1. The Morgan fingerprint density at radius 2 is 1.80 bits per heavy atom. The Morgan fingerprint density at radius 1 is 1.07 bits per heavy atom. The highest BCUT2D eigenvalue weighted by atomic mass is 35.5. The van der Waals surface area contributed by atoms with Gasteiger partial charge in [0.2, 0.25) is 0 Å². The van der Waals surface area contributed by atoms with Gasteiger partial charge in [-0.1, -0.05) is 53.0 Å². The smallest absolute Gasteiger partial charge is 0.262 e. The molecule has 0 aliphatic carbocycles. The van der Waals surface area contributed by atoms with Gasteiger partial charge in [-0.05, 0) is 48.9 Å². The van der Waals surface area contributed by atoms with Crippen molar-refractivity contribution < 1.29 is 13.9 Å². The predicted octanol–water partition coefficient (Wildman–Crippen LogP) is 6.05. The van der Waals surface area contributed by atoms with Gasteiger partial charge in [0.25, 0.3) is 5.91 Å².